The molecule has 4 rings (SSSR count). The van der Waals surface area contributed by atoms with E-state index in [2.05, 4.69) is 39.9 Å². The number of hydrogen-bond donors (Lipinski definition) is 0. The minimum atomic E-state index is -0.228. The number of amides is 2. The molecule has 2 aromatic rings. The molecule has 0 aromatic heterocycles. The molecule has 6 heteroatoms. The van der Waals surface area contributed by atoms with Crippen LogP contribution in [0.4, 0.5) is 10.5 Å². The summed E-state index contributed by atoms with van der Waals surface area (Å²) in [5, 5.41) is -0.224. The van der Waals surface area contributed by atoms with Gasteiger partial charge in [-0.2, -0.15) is 0 Å². The number of anilines is 1. The predicted molar refractivity (Wildman–Crippen MR) is 118 cm³/mol. The van der Waals surface area contributed by atoms with Gasteiger partial charge in [-0.3, -0.25) is 14.5 Å². The molecule has 0 N–H and O–H groups in total. The minimum absolute atomic E-state index is 0.224. The van der Waals surface area contributed by atoms with Crippen molar-refractivity contribution in [1.29, 1.82) is 0 Å². The third-order valence-corrected chi connectivity index (χ3v) is 6.85. The van der Waals surface area contributed by atoms with Gasteiger partial charge in [0.1, 0.15) is 0 Å². The lowest BCUT2D eigenvalue weighted by Gasteiger charge is -2.18. The fraction of sp³-hybridized carbons (Fsp3) is 0.273. The van der Waals surface area contributed by atoms with Crippen LogP contribution in [-0.4, -0.2) is 29.1 Å². The zero-order valence-electron chi connectivity index (χ0n) is 15.7. The molecule has 0 atom stereocenters. The van der Waals surface area contributed by atoms with Gasteiger partial charge in [0.2, 0.25) is 0 Å². The first-order valence-electron chi connectivity index (χ1n) is 9.37. The second-order valence-electron chi connectivity index (χ2n) is 7.09. The van der Waals surface area contributed by atoms with E-state index in [0.717, 1.165) is 46.0 Å². The van der Waals surface area contributed by atoms with E-state index >= 15 is 0 Å². The van der Waals surface area contributed by atoms with Gasteiger partial charge in [0.25, 0.3) is 11.1 Å². The Labute approximate surface area is 177 Å². The number of benzene rings is 2. The Hall–Kier alpha value is -2.05. The van der Waals surface area contributed by atoms with E-state index in [-0.39, 0.29) is 17.7 Å². The summed E-state index contributed by atoms with van der Waals surface area (Å²) in [6.45, 7) is 4.53. The predicted octanol–water partition coefficient (Wildman–Crippen LogP) is 5.59. The van der Waals surface area contributed by atoms with E-state index in [0.29, 0.717) is 4.91 Å². The van der Waals surface area contributed by atoms with Crippen LogP contribution in [-0.2, 0) is 11.3 Å². The summed E-state index contributed by atoms with van der Waals surface area (Å²) in [5.41, 5.74) is 4.24. The van der Waals surface area contributed by atoms with Crippen LogP contribution in [0.5, 0.6) is 0 Å². The topological polar surface area (TPSA) is 40.6 Å². The number of carbonyl (C=O) groups excluding carboxylic acids is 2. The highest BCUT2D eigenvalue weighted by Gasteiger charge is 2.35. The molecule has 0 unspecified atom stereocenters. The molecule has 0 saturated carbocycles. The van der Waals surface area contributed by atoms with Crippen LogP contribution >= 0.6 is 27.7 Å². The first kappa shape index (κ1) is 19.3. The molecule has 28 heavy (non-hydrogen) atoms. The SMILES string of the molecule is Cc1cc(N2CCCC2)ccc1/C=C1\SC(=O)N(Cc2ccccc2Br)C1=O. The van der Waals surface area contributed by atoms with E-state index in [1.54, 1.807) is 0 Å². The second-order valence-corrected chi connectivity index (χ2v) is 8.94. The summed E-state index contributed by atoms with van der Waals surface area (Å²) >= 11 is 4.49. The van der Waals surface area contributed by atoms with Gasteiger partial charge < -0.3 is 4.90 Å². The number of thioether (sulfide) groups is 1. The van der Waals surface area contributed by atoms with Crippen molar-refractivity contribution in [2.75, 3.05) is 18.0 Å². The Bertz CT molecular complexity index is 967. The van der Waals surface area contributed by atoms with Crippen molar-refractivity contribution < 1.29 is 9.59 Å². The van der Waals surface area contributed by atoms with Crippen LogP contribution in [0, 0.1) is 6.92 Å². The van der Waals surface area contributed by atoms with E-state index < -0.39 is 0 Å². The van der Waals surface area contributed by atoms with E-state index in [1.165, 1.54) is 23.4 Å². The molecular weight excluding hydrogens is 436 g/mol. The molecule has 2 aliphatic rings. The van der Waals surface area contributed by atoms with Gasteiger partial charge >= 0.3 is 0 Å². The Morgan fingerprint density at radius 2 is 1.86 bits per heavy atom. The molecule has 0 radical (unpaired) electrons. The Morgan fingerprint density at radius 3 is 2.57 bits per heavy atom. The molecule has 2 aliphatic heterocycles. The third kappa shape index (κ3) is 3.89. The zero-order chi connectivity index (χ0) is 19.7. The lowest BCUT2D eigenvalue weighted by Crippen LogP contribution is -2.27. The lowest BCUT2D eigenvalue weighted by molar-refractivity contribution is -0.123. The van der Waals surface area contributed by atoms with Crippen molar-refractivity contribution in [2.45, 2.75) is 26.3 Å². The van der Waals surface area contributed by atoms with Gasteiger partial charge in [0, 0.05) is 23.2 Å². The van der Waals surface area contributed by atoms with Crippen LogP contribution in [0.3, 0.4) is 0 Å². The summed E-state index contributed by atoms with van der Waals surface area (Å²) in [6.07, 6.45) is 4.32. The fourth-order valence-electron chi connectivity index (χ4n) is 3.57. The molecule has 2 fully saturated rings. The van der Waals surface area contributed by atoms with Crippen LogP contribution in [0.1, 0.15) is 29.5 Å². The van der Waals surface area contributed by atoms with Crippen molar-refractivity contribution in [1.82, 2.24) is 4.90 Å². The highest BCUT2D eigenvalue weighted by Crippen LogP contribution is 2.35. The average Bonchev–Trinajstić information content (AvgIpc) is 3.30. The number of imide groups is 1. The molecule has 144 valence electrons. The molecule has 2 amide bonds. The number of halogens is 1. The largest absolute Gasteiger partial charge is 0.372 e. The van der Waals surface area contributed by atoms with Crippen molar-refractivity contribution in [3.05, 3.63) is 68.5 Å². The number of aryl methyl sites for hydroxylation is 1. The van der Waals surface area contributed by atoms with Gasteiger partial charge in [0.05, 0.1) is 11.4 Å². The molecule has 0 bridgehead atoms. The maximum absolute atomic E-state index is 12.8. The average molecular weight is 457 g/mol. The summed E-state index contributed by atoms with van der Waals surface area (Å²) in [4.78, 5) is 29.4. The van der Waals surface area contributed by atoms with Crippen molar-refractivity contribution in [3.63, 3.8) is 0 Å². The molecular formula is C22H21BrN2O2S. The van der Waals surface area contributed by atoms with Crippen molar-refractivity contribution in [3.8, 4) is 0 Å². The Kier molecular flexibility index (Phi) is 5.60. The minimum Gasteiger partial charge on any atom is -0.372 e. The highest BCUT2D eigenvalue weighted by atomic mass is 79.9. The smallest absolute Gasteiger partial charge is 0.293 e. The van der Waals surface area contributed by atoms with Gasteiger partial charge in [-0.15, -0.1) is 0 Å². The van der Waals surface area contributed by atoms with Gasteiger partial charge in [-0.05, 0) is 72.5 Å². The number of nitrogens with zero attached hydrogens (tertiary/aromatic N) is 2. The lowest BCUT2D eigenvalue weighted by atomic mass is 10.1. The first-order valence-corrected chi connectivity index (χ1v) is 11.0. The van der Waals surface area contributed by atoms with Gasteiger partial charge in [-0.1, -0.05) is 40.2 Å². The van der Waals surface area contributed by atoms with Crippen LogP contribution in [0.2, 0.25) is 0 Å². The van der Waals surface area contributed by atoms with E-state index in [9.17, 15) is 9.59 Å². The number of carbonyl (C=O) groups is 2. The first-order chi connectivity index (χ1) is 13.5. The molecule has 2 heterocycles. The second kappa shape index (κ2) is 8.13. The van der Waals surface area contributed by atoms with Gasteiger partial charge in [-0.25, -0.2) is 0 Å². The van der Waals surface area contributed by atoms with Crippen LogP contribution < -0.4 is 4.90 Å². The van der Waals surface area contributed by atoms with Crippen LogP contribution in [0.25, 0.3) is 6.08 Å². The summed E-state index contributed by atoms with van der Waals surface area (Å²) in [5.74, 6) is -0.228. The standard InChI is InChI=1S/C22H21BrN2O2S/c1-15-12-18(24-10-4-5-11-24)9-8-16(15)13-20-21(26)25(22(27)28-20)14-17-6-2-3-7-19(17)23/h2-3,6-9,12-13H,4-5,10-11,14H2,1H3/b20-13-. The van der Waals surface area contributed by atoms with Crippen molar-refractivity contribution in [2.24, 2.45) is 0 Å². The number of hydrogen-bond acceptors (Lipinski definition) is 4. The summed E-state index contributed by atoms with van der Waals surface area (Å²) < 4.78 is 0.895. The van der Waals surface area contributed by atoms with E-state index in [4.69, 9.17) is 0 Å². The quantitative estimate of drug-likeness (QED) is 0.561. The summed E-state index contributed by atoms with van der Waals surface area (Å²) in [6, 6.07) is 14.0. The molecule has 2 aromatic carbocycles. The highest BCUT2D eigenvalue weighted by molar-refractivity contribution is 9.10. The monoisotopic (exact) mass is 456 g/mol. The number of rotatable bonds is 4. The van der Waals surface area contributed by atoms with E-state index in [1.807, 2.05) is 36.4 Å². The molecule has 0 aliphatic carbocycles. The van der Waals surface area contributed by atoms with Gasteiger partial charge in [0.15, 0.2) is 0 Å². The van der Waals surface area contributed by atoms with Crippen LogP contribution in [0.15, 0.2) is 51.8 Å². The maximum Gasteiger partial charge on any atom is 0.293 e. The normalized spacial score (nSPS) is 18.6. The third-order valence-electron chi connectivity index (χ3n) is 5.17. The zero-order valence-corrected chi connectivity index (χ0v) is 18.1. The Morgan fingerprint density at radius 1 is 1.11 bits per heavy atom. The Balaban J connectivity index is 1.54. The molecule has 2 saturated heterocycles. The molecule has 0 spiro atoms. The van der Waals surface area contributed by atoms with Crippen molar-refractivity contribution >= 4 is 50.6 Å². The summed E-state index contributed by atoms with van der Waals surface area (Å²) in [7, 11) is 0. The fourth-order valence-corrected chi connectivity index (χ4v) is 4.81. The molecule has 4 nitrogen and oxygen atoms in total. The maximum atomic E-state index is 12.8.